The molecule has 1 saturated carbocycles. The number of anilines is 2. The predicted octanol–water partition coefficient (Wildman–Crippen LogP) is 2.09. The third-order valence-electron chi connectivity index (χ3n) is 3.41. The Morgan fingerprint density at radius 2 is 1.87 bits per heavy atom. The Balaban J connectivity index is 1.72. The summed E-state index contributed by atoms with van der Waals surface area (Å²) in [6.45, 7) is 0. The number of carbonyl (C=O) groups is 2. The van der Waals surface area contributed by atoms with Crippen molar-refractivity contribution in [3.63, 3.8) is 0 Å². The second-order valence-corrected chi connectivity index (χ2v) is 5.21. The zero-order valence-electron chi connectivity index (χ0n) is 12.6. The Labute approximate surface area is 133 Å². The fraction of sp³-hybridized carbons (Fsp3) is 0.250. The molecule has 1 aliphatic rings. The molecule has 0 unspecified atom stereocenters. The number of carbonyl (C=O) groups excluding carboxylic acids is 2. The monoisotopic (exact) mass is 312 g/mol. The van der Waals surface area contributed by atoms with Gasteiger partial charge in [-0.2, -0.15) is 0 Å². The number of rotatable bonds is 5. The van der Waals surface area contributed by atoms with Crippen LogP contribution in [0.15, 0.2) is 36.7 Å². The van der Waals surface area contributed by atoms with Crippen LogP contribution in [0.4, 0.5) is 11.6 Å². The summed E-state index contributed by atoms with van der Waals surface area (Å²) in [7, 11) is 1.29. The lowest BCUT2D eigenvalue weighted by Gasteiger charge is -2.09. The molecule has 0 saturated heterocycles. The van der Waals surface area contributed by atoms with Crippen LogP contribution in [0.5, 0.6) is 0 Å². The number of benzene rings is 1. The Bertz CT molecular complexity index is 726. The van der Waals surface area contributed by atoms with Crippen LogP contribution in [0.1, 0.15) is 33.6 Å². The van der Waals surface area contributed by atoms with Crippen molar-refractivity contribution in [1.29, 1.82) is 0 Å². The van der Waals surface area contributed by atoms with Gasteiger partial charge in [-0.05, 0) is 25.0 Å². The number of hydrogen-bond acceptors (Lipinski definition) is 6. The van der Waals surface area contributed by atoms with E-state index in [9.17, 15) is 9.59 Å². The zero-order valence-corrected chi connectivity index (χ0v) is 12.6. The van der Waals surface area contributed by atoms with E-state index >= 15 is 0 Å². The average Bonchev–Trinajstić information content (AvgIpc) is 3.39. The number of esters is 1. The Hall–Kier alpha value is -2.96. The van der Waals surface area contributed by atoms with Gasteiger partial charge in [0.1, 0.15) is 0 Å². The highest BCUT2D eigenvalue weighted by Gasteiger charge is 2.22. The zero-order chi connectivity index (χ0) is 16.2. The topological polar surface area (TPSA) is 93.2 Å². The van der Waals surface area contributed by atoms with Crippen LogP contribution >= 0.6 is 0 Å². The van der Waals surface area contributed by atoms with Gasteiger partial charge in [0.15, 0.2) is 0 Å². The van der Waals surface area contributed by atoms with E-state index < -0.39 is 5.97 Å². The molecule has 0 aliphatic heterocycles. The molecule has 0 radical (unpaired) electrons. The summed E-state index contributed by atoms with van der Waals surface area (Å²) in [6, 6.07) is 7.08. The summed E-state index contributed by atoms with van der Waals surface area (Å²) < 4.78 is 4.70. The quantitative estimate of drug-likeness (QED) is 0.821. The predicted molar refractivity (Wildman–Crippen MR) is 84.4 cm³/mol. The second kappa shape index (κ2) is 6.43. The highest BCUT2D eigenvalue weighted by atomic mass is 16.5. The summed E-state index contributed by atoms with van der Waals surface area (Å²) in [4.78, 5) is 32.2. The largest absolute Gasteiger partial charge is 0.465 e. The molecule has 1 aromatic heterocycles. The number of ether oxygens (including phenoxy) is 1. The van der Waals surface area contributed by atoms with Gasteiger partial charge in [-0.1, -0.05) is 12.1 Å². The molecule has 118 valence electrons. The maximum Gasteiger partial charge on any atom is 0.339 e. The van der Waals surface area contributed by atoms with Crippen LogP contribution in [-0.4, -0.2) is 35.0 Å². The molecule has 7 nitrogen and oxygen atoms in total. The molecule has 0 spiro atoms. The van der Waals surface area contributed by atoms with E-state index in [0.29, 0.717) is 23.2 Å². The molecule has 1 fully saturated rings. The molecule has 1 amide bonds. The lowest BCUT2D eigenvalue weighted by atomic mass is 10.1. The Morgan fingerprint density at radius 1 is 1.17 bits per heavy atom. The van der Waals surface area contributed by atoms with Crippen molar-refractivity contribution in [3.8, 4) is 0 Å². The molecule has 0 atom stereocenters. The van der Waals surface area contributed by atoms with Crippen molar-refractivity contribution in [2.75, 3.05) is 17.7 Å². The normalized spacial score (nSPS) is 13.3. The number of methoxy groups -OCH3 is 1. The standard InChI is InChI=1S/C16H16N4O3/c1-23-15(22)12-4-2-3-5-13(12)20-14(21)10-8-17-16(18-9-10)19-11-6-7-11/h2-5,8-9,11H,6-7H2,1H3,(H,20,21)(H,17,18,19). The van der Waals surface area contributed by atoms with Crippen LogP contribution < -0.4 is 10.6 Å². The van der Waals surface area contributed by atoms with Gasteiger partial charge in [0.2, 0.25) is 5.95 Å². The summed E-state index contributed by atoms with van der Waals surface area (Å²) in [5.74, 6) is -0.389. The van der Waals surface area contributed by atoms with Crippen molar-refractivity contribution in [1.82, 2.24) is 9.97 Å². The van der Waals surface area contributed by atoms with Crippen molar-refractivity contribution in [3.05, 3.63) is 47.8 Å². The van der Waals surface area contributed by atoms with Gasteiger partial charge in [-0.15, -0.1) is 0 Å². The molecule has 1 aromatic carbocycles. The summed E-state index contributed by atoms with van der Waals surface area (Å²) in [5, 5.41) is 5.82. The van der Waals surface area contributed by atoms with Crippen molar-refractivity contribution in [2.45, 2.75) is 18.9 Å². The Kier molecular flexibility index (Phi) is 4.18. The van der Waals surface area contributed by atoms with E-state index in [1.807, 2.05) is 0 Å². The molecular weight excluding hydrogens is 296 g/mol. The lowest BCUT2D eigenvalue weighted by Crippen LogP contribution is -2.16. The van der Waals surface area contributed by atoms with Crippen LogP contribution in [-0.2, 0) is 4.74 Å². The van der Waals surface area contributed by atoms with Gasteiger partial charge in [-0.3, -0.25) is 4.79 Å². The molecule has 2 aromatic rings. The second-order valence-electron chi connectivity index (χ2n) is 5.21. The van der Waals surface area contributed by atoms with Crippen molar-refractivity contribution >= 4 is 23.5 Å². The summed E-state index contributed by atoms with van der Waals surface area (Å²) >= 11 is 0. The number of nitrogens with zero attached hydrogens (tertiary/aromatic N) is 2. The van der Waals surface area contributed by atoms with E-state index in [-0.39, 0.29) is 11.5 Å². The first-order chi connectivity index (χ1) is 11.2. The van der Waals surface area contributed by atoms with Gasteiger partial charge >= 0.3 is 5.97 Å². The minimum absolute atomic E-state index is 0.288. The molecule has 1 heterocycles. The number of para-hydroxylation sites is 1. The third-order valence-corrected chi connectivity index (χ3v) is 3.41. The smallest absolute Gasteiger partial charge is 0.339 e. The highest BCUT2D eigenvalue weighted by molar-refractivity contribution is 6.07. The van der Waals surface area contributed by atoms with Crippen LogP contribution in [0.3, 0.4) is 0 Å². The van der Waals surface area contributed by atoms with E-state index in [1.165, 1.54) is 19.5 Å². The number of amides is 1. The van der Waals surface area contributed by atoms with E-state index in [0.717, 1.165) is 12.8 Å². The first-order valence-corrected chi connectivity index (χ1v) is 7.24. The van der Waals surface area contributed by atoms with E-state index in [2.05, 4.69) is 20.6 Å². The minimum atomic E-state index is -0.513. The first-order valence-electron chi connectivity index (χ1n) is 7.24. The molecule has 2 N–H and O–H groups in total. The van der Waals surface area contributed by atoms with Gasteiger partial charge in [0.25, 0.3) is 5.91 Å². The molecule has 1 aliphatic carbocycles. The van der Waals surface area contributed by atoms with Crippen LogP contribution in [0.2, 0.25) is 0 Å². The minimum Gasteiger partial charge on any atom is -0.465 e. The summed E-state index contributed by atoms with van der Waals surface area (Å²) in [5.41, 5.74) is 0.979. The highest BCUT2D eigenvalue weighted by Crippen LogP contribution is 2.22. The van der Waals surface area contributed by atoms with E-state index in [1.54, 1.807) is 24.3 Å². The number of hydrogen-bond donors (Lipinski definition) is 2. The molecular formula is C16H16N4O3. The van der Waals surface area contributed by atoms with Gasteiger partial charge in [0, 0.05) is 18.4 Å². The molecule has 0 bridgehead atoms. The fourth-order valence-corrected chi connectivity index (χ4v) is 2.00. The van der Waals surface area contributed by atoms with E-state index in [4.69, 9.17) is 4.74 Å². The van der Waals surface area contributed by atoms with Crippen LogP contribution in [0, 0.1) is 0 Å². The Morgan fingerprint density at radius 3 is 2.52 bits per heavy atom. The first kappa shape index (κ1) is 15.0. The third kappa shape index (κ3) is 3.63. The van der Waals surface area contributed by atoms with Crippen molar-refractivity contribution in [2.24, 2.45) is 0 Å². The fourth-order valence-electron chi connectivity index (χ4n) is 2.00. The lowest BCUT2D eigenvalue weighted by molar-refractivity contribution is 0.0602. The van der Waals surface area contributed by atoms with Crippen molar-refractivity contribution < 1.29 is 14.3 Å². The summed E-state index contributed by atoms with van der Waals surface area (Å²) in [6.07, 6.45) is 5.15. The maximum atomic E-state index is 12.3. The number of aromatic nitrogens is 2. The van der Waals surface area contributed by atoms with Gasteiger partial charge < -0.3 is 15.4 Å². The molecule has 3 rings (SSSR count). The number of nitrogens with one attached hydrogen (secondary N) is 2. The van der Waals surface area contributed by atoms with Gasteiger partial charge in [0.05, 0.1) is 23.9 Å². The van der Waals surface area contributed by atoms with Gasteiger partial charge in [-0.25, -0.2) is 14.8 Å². The SMILES string of the molecule is COC(=O)c1ccccc1NC(=O)c1cnc(NC2CC2)nc1. The average molecular weight is 312 g/mol. The molecule has 7 heteroatoms. The maximum absolute atomic E-state index is 12.3. The van der Waals surface area contributed by atoms with Crippen LogP contribution in [0.25, 0.3) is 0 Å². The molecule has 23 heavy (non-hydrogen) atoms.